The Labute approximate surface area is 203 Å². The summed E-state index contributed by atoms with van der Waals surface area (Å²) < 4.78 is 47.4. The quantitative estimate of drug-likeness (QED) is 0.364. The molecule has 0 bridgehead atoms. The van der Waals surface area contributed by atoms with Gasteiger partial charge < -0.3 is 9.47 Å². The molecule has 2 aromatic carbocycles. The van der Waals surface area contributed by atoms with Gasteiger partial charge in [0.15, 0.2) is 17.3 Å². The van der Waals surface area contributed by atoms with Crippen molar-refractivity contribution in [3.05, 3.63) is 65.0 Å². The van der Waals surface area contributed by atoms with E-state index in [2.05, 4.69) is 10.1 Å². The molecule has 0 saturated carbocycles. The Kier molecular flexibility index (Phi) is 6.54. The van der Waals surface area contributed by atoms with Crippen molar-refractivity contribution >= 4 is 54.9 Å². The number of amidine groups is 2. The zero-order chi connectivity index (χ0) is 25.3. The lowest BCUT2D eigenvalue weighted by molar-refractivity contribution is -0.114. The second kappa shape index (κ2) is 9.43. The molecule has 13 heteroatoms. The van der Waals surface area contributed by atoms with Gasteiger partial charge in [-0.1, -0.05) is 6.07 Å². The molecule has 10 nitrogen and oxygen atoms in total. The molecule has 180 valence electrons. The first-order valence-electron chi connectivity index (χ1n) is 10.0. The van der Waals surface area contributed by atoms with Gasteiger partial charge in [0.25, 0.3) is 5.91 Å². The Morgan fingerprint density at radius 1 is 1.20 bits per heavy atom. The van der Waals surface area contributed by atoms with Crippen molar-refractivity contribution in [3.8, 4) is 11.5 Å². The second-order valence-corrected chi connectivity index (χ2v) is 10.3. The SMILES string of the molecule is CCOc1cc(/C=C2/C(=N)N3N=C(S(C)(=O)=O)SC3=NC2=O)ccc1OC(=O)c1ccc(F)cc1. The highest BCUT2D eigenvalue weighted by molar-refractivity contribution is 8.42. The van der Waals surface area contributed by atoms with Gasteiger partial charge in [0.2, 0.25) is 19.4 Å². The molecule has 2 heterocycles. The van der Waals surface area contributed by atoms with Crippen molar-refractivity contribution in [2.24, 2.45) is 10.1 Å². The van der Waals surface area contributed by atoms with Crippen molar-refractivity contribution in [1.29, 1.82) is 5.41 Å². The minimum Gasteiger partial charge on any atom is -0.490 e. The second-order valence-electron chi connectivity index (χ2n) is 7.19. The molecule has 0 fully saturated rings. The predicted octanol–water partition coefficient (Wildman–Crippen LogP) is 3.06. The smallest absolute Gasteiger partial charge is 0.343 e. The first-order chi connectivity index (χ1) is 16.6. The fourth-order valence-electron chi connectivity index (χ4n) is 3.00. The number of nitrogens with zero attached hydrogens (tertiary/aromatic N) is 3. The van der Waals surface area contributed by atoms with Gasteiger partial charge in [0, 0.05) is 6.26 Å². The van der Waals surface area contributed by atoms with Crippen LogP contribution in [0.25, 0.3) is 6.08 Å². The molecule has 2 aliphatic rings. The average Bonchev–Trinajstić information content (AvgIpc) is 3.23. The molecule has 0 radical (unpaired) electrons. The molecule has 0 aliphatic carbocycles. The Bertz CT molecular complexity index is 1450. The number of thioether (sulfide) groups is 1. The van der Waals surface area contributed by atoms with E-state index >= 15 is 0 Å². The zero-order valence-electron chi connectivity index (χ0n) is 18.3. The standard InChI is InChI=1S/C22H17FN4O6S2/c1-3-32-17-11-12(4-9-16(17)33-20(29)13-5-7-14(23)8-6-13)10-15-18(24)27-21(25-19(15)28)34-22(26-27)35(2,30)31/h4-11,24H,3H2,1-2H3/b15-10-,24-18?. The molecule has 0 atom stereocenters. The van der Waals surface area contributed by atoms with Crippen LogP contribution in [-0.2, 0) is 14.6 Å². The molecule has 35 heavy (non-hydrogen) atoms. The van der Waals surface area contributed by atoms with Crippen molar-refractivity contribution < 1.29 is 31.9 Å². The van der Waals surface area contributed by atoms with Gasteiger partial charge >= 0.3 is 5.97 Å². The number of benzene rings is 2. The van der Waals surface area contributed by atoms with E-state index in [4.69, 9.17) is 14.9 Å². The Morgan fingerprint density at radius 3 is 2.57 bits per heavy atom. The van der Waals surface area contributed by atoms with Crippen molar-refractivity contribution in [1.82, 2.24) is 5.01 Å². The molecular weight excluding hydrogens is 499 g/mol. The Hall–Kier alpha value is -3.84. The highest BCUT2D eigenvalue weighted by Crippen LogP contribution is 2.33. The van der Waals surface area contributed by atoms with Crippen molar-refractivity contribution in [3.63, 3.8) is 0 Å². The summed E-state index contributed by atoms with van der Waals surface area (Å²) in [4.78, 5) is 28.8. The Morgan fingerprint density at radius 2 is 1.91 bits per heavy atom. The number of hydrazone groups is 1. The molecule has 1 amide bonds. The van der Waals surface area contributed by atoms with Gasteiger partial charge in [-0.2, -0.15) is 10.0 Å². The van der Waals surface area contributed by atoms with E-state index in [-0.39, 0.29) is 44.6 Å². The van der Waals surface area contributed by atoms with E-state index in [9.17, 15) is 22.4 Å². The maximum atomic E-state index is 13.1. The minimum atomic E-state index is -3.64. The highest BCUT2D eigenvalue weighted by atomic mass is 32.3. The van der Waals surface area contributed by atoms with Crippen LogP contribution in [0.15, 0.2) is 58.1 Å². The molecule has 0 spiro atoms. The van der Waals surface area contributed by atoms with Gasteiger partial charge in [-0.15, -0.1) is 5.10 Å². The topological polar surface area (TPSA) is 139 Å². The molecule has 0 unspecified atom stereocenters. The monoisotopic (exact) mass is 516 g/mol. The van der Waals surface area contributed by atoms with Crippen LogP contribution >= 0.6 is 11.8 Å². The largest absolute Gasteiger partial charge is 0.490 e. The summed E-state index contributed by atoms with van der Waals surface area (Å²) in [5.41, 5.74) is 0.458. The highest BCUT2D eigenvalue weighted by Gasteiger charge is 2.38. The molecule has 0 aromatic heterocycles. The normalized spacial score (nSPS) is 16.7. The van der Waals surface area contributed by atoms with E-state index in [0.29, 0.717) is 17.3 Å². The number of aliphatic imine (C=N–C) groups is 1. The summed E-state index contributed by atoms with van der Waals surface area (Å²) in [7, 11) is -3.64. The van der Waals surface area contributed by atoms with Crippen molar-refractivity contribution in [2.75, 3.05) is 12.9 Å². The number of nitrogens with one attached hydrogen (secondary N) is 1. The van der Waals surface area contributed by atoms with Crippen LogP contribution in [0, 0.1) is 11.2 Å². The van der Waals surface area contributed by atoms with Crippen LogP contribution in [-0.4, -0.2) is 53.5 Å². The molecule has 0 saturated heterocycles. The van der Waals surface area contributed by atoms with Crippen LogP contribution in [0.4, 0.5) is 4.39 Å². The predicted molar refractivity (Wildman–Crippen MR) is 129 cm³/mol. The number of esters is 1. The average molecular weight is 517 g/mol. The number of halogens is 1. The first-order valence-corrected chi connectivity index (χ1v) is 12.7. The lowest BCUT2D eigenvalue weighted by Gasteiger charge is -2.20. The molecule has 1 N–H and O–H groups in total. The van der Waals surface area contributed by atoms with Gasteiger partial charge in [-0.3, -0.25) is 10.2 Å². The van der Waals surface area contributed by atoms with Gasteiger partial charge in [0.1, 0.15) is 5.82 Å². The lowest BCUT2D eigenvalue weighted by atomic mass is 10.1. The van der Waals surface area contributed by atoms with E-state index in [0.717, 1.165) is 23.4 Å². The van der Waals surface area contributed by atoms with Crippen molar-refractivity contribution in [2.45, 2.75) is 6.92 Å². The fraction of sp³-hybridized carbons (Fsp3) is 0.136. The Balaban J connectivity index is 1.62. The van der Waals surface area contributed by atoms with Crippen LogP contribution < -0.4 is 9.47 Å². The summed E-state index contributed by atoms with van der Waals surface area (Å²) in [6.45, 7) is 1.98. The molecule has 4 rings (SSSR count). The number of ether oxygens (including phenoxy) is 2. The summed E-state index contributed by atoms with van der Waals surface area (Å²) in [5.74, 6) is -1.97. The van der Waals surface area contributed by atoms with Gasteiger partial charge in [-0.05, 0) is 66.7 Å². The number of hydrogen-bond acceptors (Lipinski definition) is 9. The van der Waals surface area contributed by atoms with Crippen LogP contribution in [0.1, 0.15) is 22.8 Å². The number of carbonyl (C=O) groups excluding carboxylic acids is 2. The molecule has 2 aromatic rings. The molecule has 2 aliphatic heterocycles. The summed E-state index contributed by atoms with van der Waals surface area (Å²) in [6.07, 6.45) is 2.34. The third-order valence-corrected chi connectivity index (χ3v) is 7.19. The summed E-state index contributed by atoms with van der Waals surface area (Å²) >= 11 is 0.693. The lowest BCUT2D eigenvalue weighted by Crippen LogP contribution is -2.35. The maximum Gasteiger partial charge on any atom is 0.343 e. The van der Waals surface area contributed by atoms with E-state index in [1.807, 2.05) is 0 Å². The maximum absolute atomic E-state index is 13.1. The van der Waals surface area contributed by atoms with E-state index in [1.165, 1.54) is 36.4 Å². The van der Waals surface area contributed by atoms with E-state index < -0.39 is 27.5 Å². The third kappa shape index (κ3) is 5.15. The van der Waals surface area contributed by atoms with E-state index in [1.54, 1.807) is 6.92 Å². The number of amides is 1. The fourth-order valence-corrected chi connectivity index (χ4v) is 4.69. The molecular formula is C22H17FN4O6S2. The number of sulfone groups is 1. The number of hydrogen-bond donors (Lipinski definition) is 1. The van der Waals surface area contributed by atoms with Gasteiger partial charge in [0.05, 0.1) is 17.7 Å². The number of carbonyl (C=O) groups is 2. The third-order valence-electron chi connectivity index (χ3n) is 4.61. The van der Waals surface area contributed by atoms with Crippen LogP contribution in [0.5, 0.6) is 11.5 Å². The number of rotatable bonds is 5. The van der Waals surface area contributed by atoms with Crippen LogP contribution in [0.2, 0.25) is 0 Å². The summed E-state index contributed by atoms with van der Waals surface area (Å²) in [5, 5.41) is 13.2. The van der Waals surface area contributed by atoms with Gasteiger partial charge in [-0.25, -0.2) is 17.6 Å². The van der Waals surface area contributed by atoms with Crippen LogP contribution in [0.3, 0.4) is 0 Å². The zero-order valence-corrected chi connectivity index (χ0v) is 19.9. The first kappa shape index (κ1) is 24.3. The summed E-state index contributed by atoms with van der Waals surface area (Å²) in [6, 6.07) is 9.36. The minimum absolute atomic E-state index is 0.0179. The number of fused-ring (bicyclic) bond motifs is 1.